The van der Waals surface area contributed by atoms with Crippen molar-refractivity contribution in [2.45, 2.75) is 0 Å². The van der Waals surface area contributed by atoms with Crippen molar-refractivity contribution in [3.63, 3.8) is 0 Å². The summed E-state index contributed by atoms with van der Waals surface area (Å²) in [5.74, 6) is -5.54. The third kappa shape index (κ3) is 10.7. The second-order valence-corrected chi connectivity index (χ2v) is 9.42. The van der Waals surface area contributed by atoms with Gasteiger partial charge in [0.15, 0.2) is 0 Å². The second kappa shape index (κ2) is 18.1. The van der Waals surface area contributed by atoms with E-state index >= 15 is 0 Å². The molecule has 6 rings (SSSR count). The van der Waals surface area contributed by atoms with Crippen molar-refractivity contribution in [2.24, 2.45) is 0 Å². The van der Waals surface area contributed by atoms with Crippen molar-refractivity contribution in [3.05, 3.63) is 127 Å². The van der Waals surface area contributed by atoms with E-state index in [1.54, 1.807) is 11.3 Å². The number of rotatable bonds is 4. The van der Waals surface area contributed by atoms with Gasteiger partial charge >= 0.3 is 20.1 Å². The van der Waals surface area contributed by atoms with Crippen LogP contribution in [-0.2, 0) is 20.1 Å². The molecule has 1 aromatic carbocycles. The van der Waals surface area contributed by atoms with Crippen LogP contribution in [0.3, 0.4) is 0 Å². The molecule has 5 aromatic heterocycles. The van der Waals surface area contributed by atoms with Gasteiger partial charge in [0, 0.05) is 29.5 Å². The summed E-state index contributed by atoms with van der Waals surface area (Å²) < 4.78 is 1.32. The van der Waals surface area contributed by atoms with Crippen LogP contribution in [0.15, 0.2) is 110 Å². The van der Waals surface area contributed by atoms with E-state index in [0.717, 1.165) is 5.69 Å². The molecule has 0 amide bonds. The summed E-state index contributed by atoms with van der Waals surface area (Å²) in [6.45, 7) is 0. The molecule has 46 heavy (non-hydrogen) atoms. The molecule has 0 fully saturated rings. The number of thiophene rings is 1. The fourth-order valence-corrected chi connectivity index (χ4v) is 4.32. The van der Waals surface area contributed by atoms with Crippen LogP contribution in [0.25, 0.3) is 20.7 Å². The van der Waals surface area contributed by atoms with Gasteiger partial charge in [0.2, 0.25) is 0 Å². The van der Waals surface area contributed by atoms with Crippen molar-refractivity contribution in [1.29, 1.82) is 0 Å². The van der Waals surface area contributed by atoms with Crippen LogP contribution in [0.2, 0.25) is 0 Å². The number of pyridine rings is 4. The van der Waals surface area contributed by atoms with E-state index in [1.165, 1.54) is 70.0 Å². The van der Waals surface area contributed by atoms with Crippen LogP contribution in [0.4, 0.5) is 0 Å². The monoisotopic (exact) mass is 818 g/mol. The number of carboxylic acids is 3. The quantitative estimate of drug-likeness (QED) is 0.229. The van der Waals surface area contributed by atoms with Crippen LogP contribution >= 0.6 is 11.3 Å². The van der Waals surface area contributed by atoms with Crippen molar-refractivity contribution in [2.75, 3.05) is 0 Å². The molecular formula is C31H21IrN4O9S. The molecule has 0 radical (unpaired) electrons. The van der Waals surface area contributed by atoms with Gasteiger partial charge in [0.25, 0.3) is 0 Å². The predicted molar refractivity (Wildman–Crippen MR) is 156 cm³/mol. The summed E-state index contributed by atoms with van der Waals surface area (Å²) >= 11 is 1.79. The minimum Gasteiger partial charge on any atom is -0.543 e. The Balaban J connectivity index is 0.000000216. The Bertz CT molecular complexity index is 1740. The van der Waals surface area contributed by atoms with Crippen molar-refractivity contribution in [1.82, 2.24) is 19.9 Å². The average molecular weight is 818 g/mol. The first-order valence-electron chi connectivity index (χ1n) is 12.5. The van der Waals surface area contributed by atoms with Gasteiger partial charge in [0.1, 0.15) is 34.3 Å². The Hall–Kier alpha value is -5.76. The molecule has 0 aliphatic rings. The molecule has 15 heteroatoms. The second-order valence-electron chi connectivity index (χ2n) is 8.34. The summed E-state index contributed by atoms with van der Waals surface area (Å²) in [5.41, 5.74) is -0.230. The van der Waals surface area contributed by atoms with E-state index in [9.17, 15) is 29.7 Å². The van der Waals surface area contributed by atoms with Gasteiger partial charge < -0.3 is 45.0 Å². The Morgan fingerprint density at radius 3 is 1.30 bits per heavy atom. The van der Waals surface area contributed by atoms with Gasteiger partial charge in [0.05, 0.1) is 28.5 Å². The number of aromatic carboxylic acids is 3. The fraction of sp³-hybridized carbons (Fsp3) is 0. The van der Waals surface area contributed by atoms with Crippen LogP contribution < -0.4 is 15.3 Å². The average Bonchev–Trinajstić information content (AvgIpc) is 3.47. The number of hydrogen-bond donors (Lipinski definition) is 3. The van der Waals surface area contributed by atoms with Gasteiger partial charge in [-0.25, -0.2) is 0 Å². The number of fused-ring (bicyclic) bond motifs is 1. The Morgan fingerprint density at radius 2 is 0.957 bits per heavy atom. The number of aromatic nitrogens is 4. The zero-order chi connectivity index (χ0) is 32.8. The fourth-order valence-electron chi connectivity index (χ4n) is 3.28. The number of nitrogens with zero attached hydrogens (tertiary/aromatic N) is 4. The summed E-state index contributed by atoms with van der Waals surface area (Å²) in [6, 6.07) is 24.6. The molecule has 0 saturated carbocycles. The number of benzene rings is 1. The molecule has 6 aromatic rings. The number of carboxylic acid groups (broad SMARTS) is 3. The molecule has 234 valence electrons. The van der Waals surface area contributed by atoms with Crippen LogP contribution in [0, 0.1) is 0 Å². The largest absolute Gasteiger partial charge is 3.00 e. The number of carbonyl (C=O) groups is 3. The molecular weight excluding hydrogens is 797 g/mol. The summed E-state index contributed by atoms with van der Waals surface area (Å²) in [7, 11) is 0. The van der Waals surface area contributed by atoms with Crippen molar-refractivity contribution >= 4 is 39.3 Å². The van der Waals surface area contributed by atoms with E-state index in [0.29, 0.717) is 0 Å². The first kappa shape index (κ1) is 36.4. The van der Waals surface area contributed by atoms with Gasteiger partial charge in [-0.3, -0.25) is 19.9 Å². The first-order valence-corrected chi connectivity index (χ1v) is 13.4. The van der Waals surface area contributed by atoms with Gasteiger partial charge in [-0.2, -0.15) is 0 Å². The van der Waals surface area contributed by atoms with E-state index < -0.39 is 35.0 Å². The predicted octanol–water partition coefficient (Wildman–Crippen LogP) is 1.41. The third-order valence-electron chi connectivity index (χ3n) is 5.28. The molecule has 0 spiro atoms. The number of aromatic hydroxyl groups is 3. The molecule has 3 N–H and O–H groups in total. The van der Waals surface area contributed by atoms with Crippen molar-refractivity contribution < 1.29 is 65.1 Å². The minimum absolute atomic E-state index is 0. The maximum Gasteiger partial charge on any atom is 3.00 e. The third-order valence-corrected chi connectivity index (χ3v) is 6.42. The molecule has 0 aliphatic carbocycles. The van der Waals surface area contributed by atoms with Crippen LogP contribution in [0.1, 0.15) is 31.5 Å². The zero-order valence-corrected chi connectivity index (χ0v) is 26.4. The van der Waals surface area contributed by atoms with E-state index in [-0.39, 0.29) is 37.4 Å². The zero-order valence-electron chi connectivity index (χ0n) is 23.2. The Morgan fingerprint density at radius 1 is 0.543 bits per heavy atom. The molecule has 0 atom stereocenters. The molecule has 13 nitrogen and oxygen atoms in total. The minimum atomic E-state index is -1.47. The molecule has 0 saturated heterocycles. The summed E-state index contributed by atoms with van der Waals surface area (Å²) in [5, 5.41) is 58.0. The molecule has 5 heterocycles. The van der Waals surface area contributed by atoms with Gasteiger partial charge in [-0.1, -0.05) is 24.3 Å². The normalized spacial score (nSPS) is 9.48. The van der Waals surface area contributed by atoms with E-state index in [4.69, 9.17) is 15.3 Å². The number of hydrogen-bond acceptors (Lipinski definition) is 14. The standard InChI is InChI=1S/C13H9NS.3C6H5NO3.Ir/c1-2-7-12-10(5-1)9-13(15-12)11-6-3-4-8-14-11;3*8-4-2-1-3-7-5(4)6(9)10;/h1-9H;3*1-3,8H,(H,9,10);/q;;;;+3/p-3. The molecule has 0 bridgehead atoms. The summed E-state index contributed by atoms with van der Waals surface area (Å²) in [4.78, 5) is 45.9. The Kier molecular flexibility index (Phi) is 14.4. The number of carbonyl (C=O) groups excluding carboxylic acids is 3. The van der Waals surface area contributed by atoms with E-state index in [1.807, 2.05) is 24.4 Å². The van der Waals surface area contributed by atoms with Crippen LogP contribution in [-0.4, -0.2) is 53.2 Å². The Labute approximate surface area is 278 Å². The molecule has 0 aliphatic heterocycles. The van der Waals surface area contributed by atoms with Crippen molar-refractivity contribution in [3.8, 4) is 27.8 Å². The maximum absolute atomic E-state index is 10.1. The first-order chi connectivity index (χ1) is 21.6. The molecule has 0 unspecified atom stereocenters. The van der Waals surface area contributed by atoms with E-state index in [2.05, 4.69) is 50.3 Å². The topological polar surface area (TPSA) is 233 Å². The van der Waals surface area contributed by atoms with Crippen LogP contribution in [0.5, 0.6) is 17.2 Å². The smallest absolute Gasteiger partial charge is 0.543 e. The maximum atomic E-state index is 10.1. The summed E-state index contributed by atoms with van der Waals surface area (Å²) in [6.07, 6.45) is 5.64. The SMILES string of the molecule is O=C([O-])c1ncccc1O.O=C([O-])c1ncccc1O.O=C([O-])c1ncccc1O.[Ir+3].c1ccc(-c2cc3ccccc3s2)nc1. The van der Waals surface area contributed by atoms with Gasteiger partial charge in [-0.15, -0.1) is 11.3 Å². The van der Waals surface area contributed by atoms with Gasteiger partial charge in [-0.05, 0) is 66.0 Å².